The van der Waals surface area contributed by atoms with E-state index in [0.717, 1.165) is 0 Å². The Hall–Kier alpha value is -1.14. The minimum Gasteiger partial charge on any atom is -0.426 e. The summed E-state index contributed by atoms with van der Waals surface area (Å²) in [6, 6.07) is 8.77. The predicted octanol–water partition coefficient (Wildman–Crippen LogP) is 2.96. The van der Waals surface area contributed by atoms with E-state index < -0.39 is 18.6 Å². The zero-order valence-electron chi connectivity index (χ0n) is 12.8. The van der Waals surface area contributed by atoms with Crippen molar-refractivity contribution in [2.45, 2.75) is 0 Å². The van der Waals surface area contributed by atoms with Gasteiger partial charge in [0, 0.05) is 13.2 Å². The molecule has 0 aliphatic carbocycles. The lowest BCUT2D eigenvalue weighted by Crippen LogP contribution is -2.46. The van der Waals surface area contributed by atoms with Crippen molar-refractivity contribution >= 4 is 41.0 Å². The van der Waals surface area contributed by atoms with Gasteiger partial charge in [-0.25, -0.2) is 8.78 Å². The van der Waals surface area contributed by atoms with Gasteiger partial charge in [0.15, 0.2) is 0 Å². The monoisotopic (exact) mass is 357 g/mol. The van der Waals surface area contributed by atoms with Gasteiger partial charge in [-0.15, -0.1) is 0 Å². The first kappa shape index (κ1) is 18.2. The van der Waals surface area contributed by atoms with Gasteiger partial charge >= 0.3 is 6.92 Å². The van der Waals surface area contributed by atoms with E-state index in [4.69, 9.17) is 27.9 Å². The molecule has 0 unspecified atom stereocenters. The van der Waals surface area contributed by atoms with Crippen molar-refractivity contribution in [3.05, 3.63) is 58.1 Å². The van der Waals surface area contributed by atoms with E-state index in [1.54, 1.807) is 12.1 Å². The highest BCUT2D eigenvalue weighted by Gasteiger charge is 2.23. The third kappa shape index (κ3) is 4.92. The lowest BCUT2D eigenvalue weighted by atomic mass is 9.55. The second-order valence-electron chi connectivity index (χ2n) is 5.40. The zero-order valence-corrected chi connectivity index (χ0v) is 14.3. The fourth-order valence-electron chi connectivity index (χ4n) is 2.09. The zero-order chi connectivity index (χ0) is 17.0. The molecule has 23 heavy (non-hydrogen) atoms. The molecule has 0 heterocycles. The average Bonchev–Trinajstić information content (AvgIpc) is 2.49. The number of nitrogens with zero attached hydrogens (tertiary/aromatic N) is 1. The number of benzene rings is 2. The molecule has 0 saturated heterocycles. The molecule has 0 saturated carbocycles. The molecule has 0 radical (unpaired) electrons. The highest BCUT2D eigenvalue weighted by atomic mass is 35.5. The Kier molecular flexibility index (Phi) is 6.42. The Balaban J connectivity index is 2.33. The van der Waals surface area contributed by atoms with Crippen LogP contribution in [0.15, 0.2) is 36.4 Å². The quantitative estimate of drug-likeness (QED) is 0.737. The molecule has 0 N–H and O–H groups in total. The van der Waals surface area contributed by atoms with Crippen molar-refractivity contribution in [1.29, 1.82) is 0 Å². The van der Waals surface area contributed by atoms with Gasteiger partial charge in [-0.3, -0.25) is 0 Å². The second-order valence-corrected chi connectivity index (χ2v) is 6.22. The van der Waals surface area contributed by atoms with E-state index in [1.807, 2.05) is 19.0 Å². The Bertz CT molecular complexity index is 634. The third-order valence-electron chi connectivity index (χ3n) is 3.32. The molecule has 0 atom stereocenters. The number of halogens is 4. The Morgan fingerprint density at radius 2 is 1.43 bits per heavy atom. The van der Waals surface area contributed by atoms with Crippen molar-refractivity contribution in [3.63, 3.8) is 0 Å². The number of rotatable bonds is 6. The van der Waals surface area contributed by atoms with Crippen LogP contribution in [-0.4, -0.2) is 39.1 Å². The summed E-state index contributed by atoms with van der Waals surface area (Å²) in [5.41, 5.74) is 1.36. The van der Waals surface area contributed by atoms with Crippen LogP contribution in [0, 0.1) is 11.6 Å². The van der Waals surface area contributed by atoms with E-state index in [0.29, 0.717) is 24.1 Å². The summed E-state index contributed by atoms with van der Waals surface area (Å²) in [6.07, 6.45) is 0. The summed E-state index contributed by atoms with van der Waals surface area (Å²) in [7, 11) is 3.86. The van der Waals surface area contributed by atoms with Crippen LogP contribution < -0.4 is 10.9 Å². The maximum atomic E-state index is 13.4. The molecule has 7 heteroatoms. The van der Waals surface area contributed by atoms with Crippen LogP contribution in [0.5, 0.6) is 0 Å². The van der Waals surface area contributed by atoms with Gasteiger partial charge in [0.2, 0.25) is 0 Å². The van der Waals surface area contributed by atoms with Gasteiger partial charge < -0.3 is 9.55 Å². The molecule has 2 rings (SSSR count). The van der Waals surface area contributed by atoms with Gasteiger partial charge in [0.25, 0.3) is 0 Å². The van der Waals surface area contributed by atoms with Crippen LogP contribution >= 0.6 is 23.2 Å². The summed E-state index contributed by atoms with van der Waals surface area (Å²) >= 11 is 11.7. The van der Waals surface area contributed by atoms with E-state index in [2.05, 4.69) is 0 Å². The Labute approximate surface area is 145 Å². The van der Waals surface area contributed by atoms with Crippen LogP contribution in [0.1, 0.15) is 0 Å². The van der Waals surface area contributed by atoms with Gasteiger partial charge in [-0.05, 0) is 49.3 Å². The molecule has 0 aliphatic heterocycles. The van der Waals surface area contributed by atoms with Crippen molar-refractivity contribution < 1.29 is 13.4 Å². The average molecular weight is 358 g/mol. The lowest BCUT2D eigenvalue weighted by molar-refractivity contribution is 0.269. The first-order valence-electron chi connectivity index (χ1n) is 7.04. The van der Waals surface area contributed by atoms with Crippen molar-refractivity contribution in [2.75, 3.05) is 27.2 Å². The maximum absolute atomic E-state index is 13.4. The van der Waals surface area contributed by atoms with Gasteiger partial charge in [0.1, 0.15) is 11.6 Å². The van der Waals surface area contributed by atoms with Crippen LogP contribution in [-0.2, 0) is 4.65 Å². The first-order chi connectivity index (χ1) is 10.9. The van der Waals surface area contributed by atoms with Crippen LogP contribution in [0.4, 0.5) is 8.78 Å². The molecule has 0 bridgehead atoms. The minimum atomic E-state index is -0.508. The minimum absolute atomic E-state index is 0.0110. The molecular weight excluding hydrogens is 342 g/mol. The molecular formula is C16H16BCl2F2NO. The van der Waals surface area contributed by atoms with Crippen molar-refractivity contribution in [2.24, 2.45) is 0 Å². The SMILES string of the molecule is CN(C)CCOB(c1ccc(F)c(Cl)c1)c1ccc(F)c(Cl)c1. The second kappa shape index (κ2) is 8.11. The third-order valence-corrected chi connectivity index (χ3v) is 3.90. The Morgan fingerprint density at radius 1 is 0.957 bits per heavy atom. The molecule has 122 valence electrons. The molecule has 0 spiro atoms. The van der Waals surface area contributed by atoms with Gasteiger partial charge in [-0.1, -0.05) is 35.3 Å². The fraction of sp³-hybridized carbons (Fsp3) is 0.250. The van der Waals surface area contributed by atoms with Crippen LogP contribution in [0.2, 0.25) is 10.0 Å². The van der Waals surface area contributed by atoms with Gasteiger partial charge in [-0.2, -0.15) is 0 Å². The topological polar surface area (TPSA) is 12.5 Å². The molecule has 0 aromatic heterocycles. The number of hydrogen-bond acceptors (Lipinski definition) is 2. The maximum Gasteiger partial charge on any atom is 0.361 e. The lowest BCUT2D eigenvalue weighted by Gasteiger charge is -2.18. The summed E-state index contributed by atoms with van der Waals surface area (Å²) < 4.78 is 32.7. The van der Waals surface area contributed by atoms with Crippen LogP contribution in [0.3, 0.4) is 0 Å². The predicted molar refractivity (Wildman–Crippen MR) is 92.3 cm³/mol. The molecule has 0 amide bonds. The molecule has 2 aromatic rings. The number of likely N-dealkylation sites (N-methyl/N-ethyl adjacent to an activating group) is 1. The molecule has 2 nitrogen and oxygen atoms in total. The van der Waals surface area contributed by atoms with E-state index in [1.165, 1.54) is 24.3 Å². The van der Waals surface area contributed by atoms with Gasteiger partial charge in [0.05, 0.1) is 10.0 Å². The molecule has 2 aromatic carbocycles. The normalized spacial score (nSPS) is 11.1. The van der Waals surface area contributed by atoms with E-state index >= 15 is 0 Å². The largest absolute Gasteiger partial charge is 0.426 e. The first-order valence-corrected chi connectivity index (χ1v) is 7.80. The highest BCUT2D eigenvalue weighted by molar-refractivity contribution is 6.80. The Morgan fingerprint density at radius 3 is 1.83 bits per heavy atom. The van der Waals surface area contributed by atoms with Crippen LogP contribution in [0.25, 0.3) is 0 Å². The van der Waals surface area contributed by atoms with Crippen molar-refractivity contribution in [3.8, 4) is 0 Å². The summed E-state index contributed by atoms with van der Waals surface area (Å²) in [5.74, 6) is -1.00. The highest BCUT2D eigenvalue weighted by Crippen LogP contribution is 2.14. The van der Waals surface area contributed by atoms with Crippen molar-refractivity contribution in [1.82, 2.24) is 4.90 Å². The summed E-state index contributed by atoms with van der Waals surface area (Å²) in [4.78, 5) is 1.98. The standard InChI is InChI=1S/C16H16BCl2F2NO/c1-22(2)7-8-23-17(11-3-5-15(20)13(18)9-11)12-4-6-16(21)14(19)10-12/h3-6,9-10H,7-8H2,1-2H3. The van der Waals surface area contributed by atoms with E-state index in [-0.39, 0.29) is 10.0 Å². The summed E-state index contributed by atoms with van der Waals surface area (Å²) in [5, 5.41) is 0.0221. The smallest absolute Gasteiger partial charge is 0.361 e. The molecule has 0 aliphatic rings. The van der Waals surface area contributed by atoms with E-state index in [9.17, 15) is 8.78 Å². The fourth-order valence-corrected chi connectivity index (χ4v) is 2.47. The number of hydrogen-bond donors (Lipinski definition) is 0. The summed E-state index contributed by atoms with van der Waals surface area (Å²) in [6.45, 7) is 0.647. The molecule has 0 fully saturated rings.